The van der Waals surface area contributed by atoms with Crippen LogP contribution in [-0.4, -0.2) is 29.2 Å². The van der Waals surface area contributed by atoms with E-state index in [1.165, 1.54) is 17.0 Å². The van der Waals surface area contributed by atoms with E-state index in [1.54, 1.807) is 0 Å². The van der Waals surface area contributed by atoms with Crippen molar-refractivity contribution in [1.29, 1.82) is 0 Å². The first kappa shape index (κ1) is 16.6. The molecule has 0 radical (unpaired) electrons. The van der Waals surface area contributed by atoms with Crippen molar-refractivity contribution >= 4 is 46.5 Å². The first-order valence-corrected chi connectivity index (χ1v) is 11.4. The minimum absolute atomic E-state index is 0.182. The zero-order valence-electron chi connectivity index (χ0n) is 12.2. The summed E-state index contributed by atoms with van der Waals surface area (Å²) in [7, 11) is -1.13. The van der Waals surface area contributed by atoms with Crippen molar-refractivity contribution in [2.24, 2.45) is 0 Å². The Kier molecular flexibility index (Phi) is 5.18. The van der Waals surface area contributed by atoms with Crippen molar-refractivity contribution in [2.75, 3.05) is 6.61 Å². The summed E-state index contributed by atoms with van der Waals surface area (Å²) >= 11 is 9.14. The Bertz CT molecular complexity index is 715. The lowest BCUT2D eigenvalue weighted by molar-refractivity contribution is 0.0844. The Labute approximate surface area is 137 Å². The van der Waals surface area contributed by atoms with E-state index in [9.17, 15) is 4.79 Å². The molecule has 0 unspecified atom stereocenters. The average molecular weight is 391 g/mol. The molecule has 2 aromatic rings. The first-order valence-electron chi connectivity index (χ1n) is 6.57. The summed E-state index contributed by atoms with van der Waals surface area (Å²) in [5.41, 5.74) is 0.320. The van der Waals surface area contributed by atoms with Crippen LogP contribution in [0.25, 0.3) is 10.9 Å². The van der Waals surface area contributed by atoms with E-state index < -0.39 is 8.07 Å². The number of nitrogens with zero attached hydrogens (tertiary/aromatic N) is 3. The van der Waals surface area contributed by atoms with Crippen LogP contribution in [0.2, 0.25) is 30.8 Å². The van der Waals surface area contributed by atoms with Crippen LogP contribution >= 0.6 is 27.5 Å². The highest BCUT2D eigenvalue weighted by atomic mass is 79.9. The smallest absolute Gasteiger partial charge is 0.263 e. The topological polar surface area (TPSA) is 57.0 Å². The van der Waals surface area contributed by atoms with Gasteiger partial charge < -0.3 is 4.74 Å². The summed E-state index contributed by atoms with van der Waals surface area (Å²) < 4.78 is 7.49. The normalized spacial score (nSPS) is 12.0. The largest absolute Gasteiger partial charge is 0.361 e. The third-order valence-corrected chi connectivity index (χ3v) is 5.41. The molecule has 0 saturated carbocycles. The number of aromatic nitrogens is 3. The molecule has 5 nitrogen and oxygen atoms in total. The van der Waals surface area contributed by atoms with Gasteiger partial charge in [0.2, 0.25) is 0 Å². The van der Waals surface area contributed by atoms with Gasteiger partial charge in [0.05, 0.1) is 5.39 Å². The van der Waals surface area contributed by atoms with E-state index >= 15 is 0 Å². The van der Waals surface area contributed by atoms with E-state index in [0.717, 1.165) is 6.04 Å². The number of rotatable bonds is 5. The van der Waals surface area contributed by atoms with Gasteiger partial charge >= 0.3 is 0 Å². The van der Waals surface area contributed by atoms with Crippen molar-refractivity contribution in [1.82, 2.24) is 14.5 Å². The van der Waals surface area contributed by atoms with Crippen molar-refractivity contribution in [3.05, 3.63) is 32.5 Å². The Morgan fingerprint density at radius 2 is 2.14 bits per heavy atom. The van der Waals surface area contributed by atoms with Crippen molar-refractivity contribution < 1.29 is 4.74 Å². The highest BCUT2D eigenvalue weighted by Crippen LogP contribution is 2.20. The molecule has 2 rings (SSSR count). The van der Waals surface area contributed by atoms with Crippen LogP contribution in [0.1, 0.15) is 0 Å². The van der Waals surface area contributed by atoms with Gasteiger partial charge in [0.25, 0.3) is 5.56 Å². The van der Waals surface area contributed by atoms with Crippen LogP contribution in [0.15, 0.2) is 21.8 Å². The van der Waals surface area contributed by atoms with Crippen LogP contribution in [0.4, 0.5) is 0 Å². The maximum absolute atomic E-state index is 12.4. The van der Waals surface area contributed by atoms with Gasteiger partial charge in [-0.05, 0) is 28.0 Å². The molecule has 21 heavy (non-hydrogen) atoms. The second kappa shape index (κ2) is 6.56. The molecule has 8 heteroatoms. The van der Waals surface area contributed by atoms with Gasteiger partial charge in [0.1, 0.15) is 28.3 Å². The standard InChI is InChI=1S/C13H17BrClN3O2Si/c1-21(2,3)5-4-20-8-18-7-16-11-9(13(18)19)6-10(15)17-12(11)14/h6-7H,4-5,8H2,1-3H3. The molecule has 0 bridgehead atoms. The fourth-order valence-corrected chi connectivity index (χ4v) is 3.29. The maximum Gasteiger partial charge on any atom is 0.263 e. The van der Waals surface area contributed by atoms with Crippen molar-refractivity contribution in [2.45, 2.75) is 32.4 Å². The minimum atomic E-state index is -1.13. The minimum Gasteiger partial charge on any atom is -0.361 e. The van der Waals surface area contributed by atoms with Gasteiger partial charge in [-0.3, -0.25) is 9.36 Å². The van der Waals surface area contributed by atoms with Gasteiger partial charge in [0.15, 0.2) is 0 Å². The molecule has 2 aromatic heterocycles. The summed E-state index contributed by atoms with van der Waals surface area (Å²) in [6.07, 6.45) is 1.47. The molecule has 0 amide bonds. The van der Waals surface area contributed by atoms with Crippen LogP contribution in [0, 0.1) is 0 Å². The molecule has 0 N–H and O–H groups in total. The predicted molar refractivity (Wildman–Crippen MR) is 90.6 cm³/mol. The SMILES string of the molecule is C[Si](C)(C)CCOCn1cnc2c(Br)nc(Cl)cc2c1=O. The quantitative estimate of drug-likeness (QED) is 0.445. The summed E-state index contributed by atoms with van der Waals surface area (Å²) in [4.78, 5) is 20.6. The number of hydrogen-bond donors (Lipinski definition) is 0. The van der Waals surface area contributed by atoms with Gasteiger partial charge in [-0.15, -0.1) is 0 Å². The highest BCUT2D eigenvalue weighted by molar-refractivity contribution is 9.10. The van der Waals surface area contributed by atoms with Crippen LogP contribution < -0.4 is 5.56 Å². The first-order chi connectivity index (χ1) is 9.78. The predicted octanol–water partition coefficient (Wildman–Crippen LogP) is 3.52. The molecule has 0 spiro atoms. The molecule has 0 aromatic carbocycles. The molecule has 0 aliphatic carbocycles. The molecule has 2 heterocycles. The molecule has 0 aliphatic heterocycles. The fraction of sp³-hybridized carbons (Fsp3) is 0.462. The summed E-state index contributed by atoms with van der Waals surface area (Å²) in [6, 6.07) is 2.58. The second-order valence-corrected chi connectivity index (χ2v) is 12.8. The molecule has 0 saturated heterocycles. The van der Waals surface area contributed by atoms with Gasteiger partial charge in [0, 0.05) is 14.7 Å². The number of fused-ring (bicyclic) bond motifs is 1. The Hall–Kier alpha value is -0.763. The maximum atomic E-state index is 12.4. The summed E-state index contributed by atoms with van der Waals surface area (Å²) in [5.74, 6) is 0. The highest BCUT2D eigenvalue weighted by Gasteiger charge is 2.13. The van der Waals surface area contributed by atoms with E-state index in [1.807, 2.05) is 0 Å². The van der Waals surface area contributed by atoms with E-state index in [0.29, 0.717) is 22.1 Å². The van der Waals surface area contributed by atoms with Crippen molar-refractivity contribution in [3.8, 4) is 0 Å². The van der Waals surface area contributed by atoms with Gasteiger partial charge in [-0.1, -0.05) is 31.2 Å². The average Bonchev–Trinajstić information content (AvgIpc) is 2.36. The van der Waals surface area contributed by atoms with Crippen LogP contribution in [-0.2, 0) is 11.5 Å². The van der Waals surface area contributed by atoms with E-state index in [-0.39, 0.29) is 17.4 Å². The number of hydrogen-bond acceptors (Lipinski definition) is 4. The Morgan fingerprint density at radius 1 is 1.43 bits per heavy atom. The number of ether oxygens (including phenoxy) is 1. The Morgan fingerprint density at radius 3 is 2.81 bits per heavy atom. The second-order valence-electron chi connectivity index (χ2n) is 6.00. The molecular weight excluding hydrogens is 374 g/mol. The monoisotopic (exact) mass is 389 g/mol. The van der Waals surface area contributed by atoms with Crippen LogP contribution in [0.3, 0.4) is 0 Å². The van der Waals surface area contributed by atoms with E-state index in [2.05, 4.69) is 45.5 Å². The van der Waals surface area contributed by atoms with Gasteiger partial charge in [-0.25, -0.2) is 9.97 Å². The lowest BCUT2D eigenvalue weighted by Crippen LogP contribution is -2.25. The van der Waals surface area contributed by atoms with Crippen LogP contribution in [0.5, 0.6) is 0 Å². The zero-order valence-corrected chi connectivity index (χ0v) is 15.5. The summed E-state index contributed by atoms with van der Waals surface area (Å²) in [6.45, 7) is 7.71. The zero-order chi connectivity index (χ0) is 15.6. The third kappa shape index (κ3) is 4.35. The van der Waals surface area contributed by atoms with Gasteiger partial charge in [-0.2, -0.15) is 0 Å². The fourth-order valence-electron chi connectivity index (χ4n) is 1.73. The Balaban J connectivity index is 2.19. The molecule has 0 aliphatic rings. The lowest BCUT2D eigenvalue weighted by atomic mass is 10.3. The number of halogens is 2. The van der Waals surface area contributed by atoms with Crippen molar-refractivity contribution in [3.63, 3.8) is 0 Å². The molecule has 114 valence electrons. The molecule has 0 fully saturated rings. The lowest BCUT2D eigenvalue weighted by Gasteiger charge is -2.15. The summed E-state index contributed by atoms with van der Waals surface area (Å²) in [5, 5.41) is 0.684. The molecular formula is C13H17BrClN3O2Si. The molecule has 0 atom stereocenters. The van der Waals surface area contributed by atoms with E-state index in [4.69, 9.17) is 16.3 Å². The third-order valence-electron chi connectivity index (χ3n) is 2.96. The number of pyridine rings is 1.